The molecule has 0 saturated carbocycles. The van der Waals surface area contributed by atoms with E-state index < -0.39 is 0 Å². The highest BCUT2D eigenvalue weighted by atomic mass is 32.1. The number of benzene rings is 10. The van der Waals surface area contributed by atoms with Crippen LogP contribution in [0, 0.1) is 6.92 Å². The summed E-state index contributed by atoms with van der Waals surface area (Å²) in [6, 6.07) is 78.5. The number of aromatic nitrogens is 1. The number of aryl methyl sites for hydroxylation is 1. The molecule has 0 aliphatic carbocycles. The Bertz CT molecular complexity index is 4280. The number of hydrogen-bond acceptors (Lipinski definition) is 4. The Morgan fingerprint density at radius 3 is 1.77 bits per heavy atom. The Labute approximate surface area is 443 Å². The largest absolute Gasteiger partial charge is 0.311 e. The molecule has 5 heterocycles. The third-order valence-corrected chi connectivity index (χ3v) is 17.7. The quantitative estimate of drug-likeness (QED) is 0.160. The van der Waals surface area contributed by atoms with Gasteiger partial charge in [0.1, 0.15) is 0 Å². The minimum absolute atomic E-state index is 0.0277. The van der Waals surface area contributed by atoms with E-state index in [9.17, 15) is 0 Å². The molecule has 0 bridgehead atoms. The van der Waals surface area contributed by atoms with Gasteiger partial charge in [-0.3, -0.25) is 0 Å². The van der Waals surface area contributed by atoms with Crippen LogP contribution in [-0.2, 0) is 10.8 Å². The van der Waals surface area contributed by atoms with E-state index in [0.717, 1.165) is 22.7 Å². The molecule has 4 nitrogen and oxygen atoms in total. The molecule has 0 radical (unpaired) electrons. The molecule has 10 aromatic carbocycles. The number of anilines is 9. The summed E-state index contributed by atoms with van der Waals surface area (Å²) in [7, 11) is 0. The van der Waals surface area contributed by atoms with Crippen LogP contribution in [0.15, 0.2) is 206 Å². The first-order valence-electron chi connectivity index (χ1n) is 26.5. The summed E-state index contributed by atoms with van der Waals surface area (Å²) >= 11 is 1.89. The second-order valence-electron chi connectivity index (χ2n) is 23.1. The lowest BCUT2D eigenvalue weighted by Gasteiger charge is -2.46. The van der Waals surface area contributed by atoms with Crippen molar-refractivity contribution >= 4 is 128 Å². The van der Waals surface area contributed by atoms with Crippen molar-refractivity contribution in [1.29, 1.82) is 0 Å². The van der Waals surface area contributed by atoms with Gasteiger partial charge in [0.25, 0.3) is 6.71 Å². The monoisotopic (exact) mass is 982 g/mol. The van der Waals surface area contributed by atoms with Crippen LogP contribution in [0.4, 0.5) is 51.2 Å². The molecule has 12 aromatic rings. The van der Waals surface area contributed by atoms with E-state index in [1.807, 2.05) is 11.3 Å². The van der Waals surface area contributed by atoms with E-state index in [0.29, 0.717) is 0 Å². The fraction of sp³-hybridized carbons (Fsp3) is 0.130. The summed E-state index contributed by atoms with van der Waals surface area (Å²) in [5.74, 6) is 0. The highest BCUT2D eigenvalue weighted by molar-refractivity contribution is 7.26. The molecule has 0 atom stereocenters. The Balaban J connectivity index is 0.977. The minimum atomic E-state index is -0.0277. The predicted molar refractivity (Wildman–Crippen MR) is 324 cm³/mol. The van der Waals surface area contributed by atoms with E-state index in [4.69, 9.17) is 0 Å². The minimum Gasteiger partial charge on any atom is -0.311 e. The first kappa shape index (κ1) is 44.2. The molecule has 0 fully saturated rings. The average molecular weight is 983 g/mol. The van der Waals surface area contributed by atoms with Gasteiger partial charge in [-0.25, -0.2) is 0 Å². The van der Waals surface area contributed by atoms with Gasteiger partial charge in [-0.05, 0) is 147 Å². The predicted octanol–water partition coefficient (Wildman–Crippen LogP) is 17.6. The second kappa shape index (κ2) is 15.8. The standard InChI is InChI=1S/C69H55BN4S/c1-42-39-61-64-62(40-42)74-58-22-13-18-53-51-15-8-10-21-57(51)73(65(53)58)59-23-14-20-56(66(59)74)70(64)55-38-37-49(71(46-33-27-44(28-34-46)68(2,3)4)47-35-29-45(30-36-47)69(5,6)7)41-60(55)72(61)48-31-25-43(26-32-48)50-17-12-19-54-52-16-9-11-24-63(52)75-67(50)54/h8-41H,1-7H3. The van der Waals surface area contributed by atoms with Crippen LogP contribution < -0.4 is 31.1 Å². The van der Waals surface area contributed by atoms with E-state index in [2.05, 4.69) is 274 Å². The maximum Gasteiger partial charge on any atom is 0.252 e. The van der Waals surface area contributed by atoms with Crippen LogP contribution in [0.25, 0.3) is 58.8 Å². The zero-order valence-corrected chi connectivity index (χ0v) is 44.2. The summed E-state index contributed by atoms with van der Waals surface area (Å²) in [5.41, 5.74) is 24.6. The number of hydrogen-bond donors (Lipinski definition) is 0. The van der Waals surface area contributed by atoms with Crippen molar-refractivity contribution in [2.24, 2.45) is 0 Å². The van der Waals surface area contributed by atoms with E-state index in [1.54, 1.807) is 0 Å². The number of thiophene rings is 1. The van der Waals surface area contributed by atoms with Crippen molar-refractivity contribution in [3.63, 3.8) is 0 Å². The van der Waals surface area contributed by atoms with E-state index >= 15 is 0 Å². The van der Waals surface area contributed by atoms with Gasteiger partial charge in [0.15, 0.2) is 0 Å². The first-order chi connectivity index (χ1) is 36.4. The van der Waals surface area contributed by atoms with Crippen molar-refractivity contribution in [3.8, 4) is 16.8 Å². The Morgan fingerprint density at radius 2 is 1.05 bits per heavy atom. The maximum atomic E-state index is 2.60. The third-order valence-electron chi connectivity index (χ3n) is 16.4. The summed E-state index contributed by atoms with van der Waals surface area (Å²) < 4.78 is 5.18. The lowest BCUT2D eigenvalue weighted by Crippen LogP contribution is -2.61. The molecule has 0 spiro atoms. The van der Waals surface area contributed by atoms with Gasteiger partial charge < -0.3 is 19.3 Å². The first-order valence-corrected chi connectivity index (χ1v) is 27.3. The van der Waals surface area contributed by atoms with Crippen LogP contribution in [0.5, 0.6) is 0 Å². The van der Waals surface area contributed by atoms with Crippen LogP contribution in [0.2, 0.25) is 0 Å². The lowest BCUT2D eigenvalue weighted by atomic mass is 9.33. The van der Waals surface area contributed by atoms with Gasteiger partial charge in [0.2, 0.25) is 0 Å². The average Bonchev–Trinajstić information content (AvgIpc) is 4.15. The van der Waals surface area contributed by atoms with Crippen molar-refractivity contribution in [3.05, 3.63) is 223 Å². The molecule has 2 aromatic heterocycles. The molecule has 0 saturated heterocycles. The Kier molecular flexibility index (Phi) is 9.34. The highest BCUT2D eigenvalue weighted by Crippen LogP contribution is 2.53. The number of fused-ring (bicyclic) bond motifs is 12. The molecular formula is C69H55BN4S. The fourth-order valence-electron chi connectivity index (χ4n) is 12.9. The molecule has 0 unspecified atom stereocenters. The van der Waals surface area contributed by atoms with Gasteiger partial charge in [0, 0.05) is 70.8 Å². The van der Waals surface area contributed by atoms with Crippen LogP contribution in [0.3, 0.4) is 0 Å². The Hall–Kier alpha value is -8.32. The molecule has 3 aliphatic heterocycles. The summed E-state index contributed by atoms with van der Waals surface area (Å²) in [6.07, 6.45) is 0. The lowest BCUT2D eigenvalue weighted by molar-refractivity contribution is 0.590. The third kappa shape index (κ3) is 6.48. The molecule has 360 valence electrons. The van der Waals surface area contributed by atoms with Crippen LogP contribution in [0.1, 0.15) is 58.2 Å². The van der Waals surface area contributed by atoms with Crippen LogP contribution >= 0.6 is 11.3 Å². The van der Waals surface area contributed by atoms with Crippen molar-refractivity contribution in [1.82, 2.24) is 4.57 Å². The van der Waals surface area contributed by atoms with E-state index in [-0.39, 0.29) is 17.5 Å². The number of rotatable bonds is 5. The molecule has 0 amide bonds. The molecule has 3 aliphatic rings. The van der Waals surface area contributed by atoms with Crippen molar-refractivity contribution in [2.75, 3.05) is 14.7 Å². The fourth-order valence-corrected chi connectivity index (χ4v) is 14.1. The summed E-state index contributed by atoms with van der Waals surface area (Å²) in [5, 5.41) is 5.19. The number of para-hydroxylation sites is 3. The van der Waals surface area contributed by atoms with Gasteiger partial charge in [-0.1, -0.05) is 163 Å². The van der Waals surface area contributed by atoms with Crippen molar-refractivity contribution < 1.29 is 0 Å². The topological polar surface area (TPSA) is 14.7 Å². The van der Waals surface area contributed by atoms with Gasteiger partial charge in [-0.2, -0.15) is 0 Å². The maximum absolute atomic E-state index is 2.60. The molecule has 6 heteroatoms. The second-order valence-corrected chi connectivity index (χ2v) is 24.1. The SMILES string of the molecule is Cc1cc2c3c(c1)N1c4c(cccc4-n4c5ccccc5c5cccc1c54)B3c1ccc(N(c3ccc(C(C)(C)C)cc3)c3ccc(C(C)(C)C)cc3)cc1N2c1ccc(-c2cccc3c2sc2ccccc23)cc1. The Morgan fingerprint density at radius 1 is 0.453 bits per heavy atom. The van der Waals surface area contributed by atoms with Gasteiger partial charge in [0.05, 0.1) is 28.1 Å². The van der Waals surface area contributed by atoms with Gasteiger partial charge in [-0.15, -0.1) is 11.3 Å². The summed E-state index contributed by atoms with van der Waals surface area (Å²) in [4.78, 5) is 7.63. The van der Waals surface area contributed by atoms with Gasteiger partial charge >= 0.3 is 0 Å². The smallest absolute Gasteiger partial charge is 0.252 e. The highest BCUT2D eigenvalue weighted by Gasteiger charge is 2.46. The zero-order valence-electron chi connectivity index (χ0n) is 43.4. The van der Waals surface area contributed by atoms with Crippen molar-refractivity contribution in [2.45, 2.75) is 59.3 Å². The normalized spacial score (nSPS) is 13.5. The zero-order chi connectivity index (χ0) is 50.6. The van der Waals surface area contributed by atoms with Crippen LogP contribution in [-0.4, -0.2) is 11.3 Å². The number of nitrogens with zero attached hydrogens (tertiary/aromatic N) is 4. The molecule has 0 N–H and O–H groups in total. The molecule has 75 heavy (non-hydrogen) atoms. The van der Waals surface area contributed by atoms with E-state index in [1.165, 1.54) is 120 Å². The molecule has 15 rings (SSSR count). The molecular weight excluding hydrogens is 928 g/mol. The summed E-state index contributed by atoms with van der Waals surface area (Å²) in [6.45, 7) is 16.0.